The highest BCUT2D eigenvalue weighted by atomic mass is 19.1. The fourth-order valence-electron chi connectivity index (χ4n) is 3.92. The van der Waals surface area contributed by atoms with E-state index in [9.17, 15) is 9.18 Å². The highest BCUT2D eigenvalue weighted by Gasteiger charge is 2.17. The van der Waals surface area contributed by atoms with Gasteiger partial charge in [-0.1, -0.05) is 36.4 Å². The van der Waals surface area contributed by atoms with E-state index in [1.54, 1.807) is 12.1 Å². The quantitative estimate of drug-likeness (QED) is 0.184. The van der Waals surface area contributed by atoms with Crippen molar-refractivity contribution in [3.63, 3.8) is 0 Å². The second kappa shape index (κ2) is 12.2. The molecule has 0 amide bonds. The average molecular weight is 504 g/mol. The summed E-state index contributed by atoms with van der Waals surface area (Å²) in [6.07, 6.45) is 1.58. The average Bonchev–Trinajstić information content (AvgIpc) is 3.27. The molecule has 0 aliphatic heterocycles. The first-order valence-electron chi connectivity index (χ1n) is 12.6. The fourth-order valence-corrected chi connectivity index (χ4v) is 3.92. The summed E-state index contributed by atoms with van der Waals surface area (Å²) in [5.74, 6) is 0.390. The monoisotopic (exact) mass is 503 g/mol. The number of benzene rings is 3. The molecular formula is C31H34FNO4. The summed E-state index contributed by atoms with van der Waals surface area (Å²) in [6, 6.07) is 22.2. The third-order valence-electron chi connectivity index (χ3n) is 5.82. The maximum Gasteiger partial charge on any atom is 0.338 e. The smallest absolute Gasteiger partial charge is 0.338 e. The molecule has 5 nitrogen and oxygen atoms in total. The van der Waals surface area contributed by atoms with Gasteiger partial charge in [0.2, 0.25) is 0 Å². The van der Waals surface area contributed by atoms with Crippen LogP contribution in [0.1, 0.15) is 53.6 Å². The number of aryl methyl sites for hydroxylation is 2. The predicted octanol–water partition coefficient (Wildman–Crippen LogP) is 6.62. The Bertz CT molecular complexity index is 1300. The third kappa shape index (κ3) is 8.27. The Hall–Kier alpha value is -3.48. The number of rotatable bonds is 11. The van der Waals surface area contributed by atoms with Crippen molar-refractivity contribution >= 4 is 16.9 Å². The van der Waals surface area contributed by atoms with Crippen LogP contribution < -0.4 is 5.32 Å². The van der Waals surface area contributed by atoms with Gasteiger partial charge in [0.1, 0.15) is 22.8 Å². The van der Waals surface area contributed by atoms with Crippen LogP contribution in [-0.2, 0) is 35.5 Å². The molecule has 1 N–H and O–H groups in total. The number of halogens is 1. The molecule has 0 saturated carbocycles. The molecule has 0 fully saturated rings. The number of carbonyl (C=O) groups excluding carboxylic acids is 1. The van der Waals surface area contributed by atoms with Crippen LogP contribution >= 0.6 is 0 Å². The molecule has 0 aliphatic rings. The van der Waals surface area contributed by atoms with Crippen molar-refractivity contribution in [2.24, 2.45) is 0 Å². The van der Waals surface area contributed by atoms with Gasteiger partial charge in [-0.2, -0.15) is 0 Å². The van der Waals surface area contributed by atoms with Crippen LogP contribution in [0.2, 0.25) is 0 Å². The summed E-state index contributed by atoms with van der Waals surface area (Å²) in [7, 11) is 0. The van der Waals surface area contributed by atoms with Gasteiger partial charge in [-0.3, -0.25) is 0 Å². The van der Waals surface area contributed by atoms with Crippen LogP contribution in [0.15, 0.2) is 77.2 Å². The summed E-state index contributed by atoms with van der Waals surface area (Å²) in [6.45, 7) is 8.05. The van der Waals surface area contributed by atoms with Crippen LogP contribution in [0.25, 0.3) is 11.0 Å². The van der Waals surface area contributed by atoms with Crippen molar-refractivity contribution in [1.29, 1.82) is 0 Å². The summed E-state index contributed by atoms with van der Waals surface area (Å²) in [5.41, 5.74) is 4.14. The van der Waals surface area contributed by atoms with E-state index in [4.69, 9.17) is 13.9 Å². The summed E-state index contributed by atoms with van der Waals surface area (Å²) in [5, 5.41) is 4.48. The molecule has 37 heavy (non-hydrogen) atoms. The topological polar surface area (TPSA) is 60.7 Å². The molecule has 4 rings (SSSR count). The maximum absolute atomic E-state index is 13.1. The van der Waals surface area contributed by atoms with Crippen molar-refractivity contribution in [1.82, 2.24) is 5.32 Å². The standard InChI is InChI=1S/C31H34FNO4/c1-31(2,3)37-30(34)25-10-4-23(5-11-25)21-35-17-16-33-20-24-6-12-26-19-28(36-29(26)18-24)15-9-22-7-13-27(32)14-8-22/h4-8,10-14,18-19,33H,9,15-17,20-21H2,1-3H3. The molecule has 4 aromatic rings. The Labute approximate surface area is 217 Å². The molecule has 194 valence electrons. The summed E-state index contributed by atoms with van der Waals surface area (Å²) < 4.78 is 30.3. The molecule has 0 spiro atoms. The van der Waals surface area contributed by atoms with Gasteiger partial charge in [0.15, 0.2) is 0 Å². The lowest BCUT2D eigenvalue weighted by atomic mass is 10.1. The lowest BCUT2D eigenvalue weighted by molar-refractivity contribution is 0.00694. The van der Waals surface area contributed by atoms with Crippen LogP contribution in [-0.4, -0.2) is 24.7 Å². The molecule has 0 atom stereocenters. The van der Waals surface area contributed by atoms with Gasteiger partial charge in [0.05, 0.1) is 18.8 Å². The lowest BCUT2D eigenvalue weighted by Crippen LogP contribution is -2.23. The Morgan fingerprint density at radius 3 is 2.32 bits per heavy atom. The third-order valence-corrected chi connectivity index (χ3v) is 5.82. The zero-order chi connectivity index (χ0) is 26.3. The van der Waals surface area contributed by atoms with Crippen molar-refractivity contribution in [3.05, 3.63) is 107 Å². The number of furan rings is 1. The molecule has 6 heteroatoms. The molecule has 0 aliphatic carbocycles. The van der Waals surface area contributed by atoms with E-state index in [2.05, 4.69) is 29.6 Å². The molecule has 0 radical (unpaired) electrons. The van der Waals surface area contributed by atoms with Crippen molar-refractivity contribution < 1.29 is 23.1 Å². The zero-order valence-electron chi connectivity index (χ0n) is 21.7. The maximum atomic E-state index is 13.1. The first-order valence-corrected chi connectivity index (χ1v) is 12.6. The van der Waals surface area contributed by atoms with E-state index in [0.29, 0.717) is 18.8 Å². The van der Waals surface area contributed by atoms with Crippen LogP contribution in [0, 0.1) is 5.82 Å². The number of hydrogen-bond acceptors (Lipinski definition) is 5. The molecule has 0 unspecified atom stereocenters. The van der Waals surface area contributed by atoms with Gasteiger partial charge >= 0.3 is 5.97 Å². The first kappa shape index (κ1) is 26.6. The minimum atomic E-state index is -0.509. The summed E-state index contributed by atoms with van der Waals surface area (Å²) >= 11 is 0. The predicted molar refractivity (Wildman–Crippen MR) is 143 cm³/mol. The first-order chi connectivity index (χ1) is 17.7. The van der Waals surface area contributed by atoms with E-state index >= 15 is 0 Å². The molecular weight excluding hydrogens is 469 g/mol. The Balaban J connectivity index is 1.16. The Morgan fingerprint density at radius 1 is 0.892 bits per heavy atom. The number of hydrogen-bond donors (Lipinski definition) is 1. The Morgan fingerprint density at radius 2 is 1.59 bits per heavy atom. The van der Waals surface area contributed by atoms with E-state index in [0.717, 1.165) is 59.4 Å². The van der Waals surface area contributed by atoms with Crippen molar-refractivity contribution in [2.45, 2.75) is 52.4 Å². The van der Waals surface area contributed by atoms with Gasteiger partial charge in [0.25, 0.3) is 0 Å². The highest BCUT2D eigenvalue weighted by Crippen LogP contribution is 2.22. The van der Waals surface area contributed by atoms with Crippen LogP contribution in [0.5, 0.6) is 0 Å². The minimum Gasteiger partial charge on any atom is -0.461 e. The molecule has 3 aromatic carbocycles. The highest BCUT2D eigenvalue weighted by molar-refractivity contribution is 5.89. The number of fused-ring (bicyclic) bond motifs is 1. The van der Waals surface area contributed by atoms with Gasteiger partial charge < -0.3 is 19.2 Å². The van der Waals surface area contributed by atoms with Crippen LogP contribution in [0.3, 0.4) is 0 Å². The Kier molecular flexibility index (Phi) is 8.74. The van der Waals surface area contributed by atoms with Crippen LogP contribution in [0.4, 0.5) is 4.39 Å². The summed E-state index contributed by atoms with van der Waals surface area (Å²) in [4.78, 5) is 12.1. The van der Waals surface area contributed by atoms with E-state index in [-0.39, 0.29) is 11.8 Å². The lowest BCUT2D eigenvalue weighted by Gasteiger charge is -2.19. The normalized spacial score (nSPS) is 11.7. The minimum absolute atomic E-state index is 0.216. The number of ether oxygens (including phenoxy) is 2. The van der Waals surface area contributed by atoms with Crippen molar-refractivity contribution in [2.75, 3.05) is 13.2 Å². The molecule has 0 saturated heterocycles. The second-order valence-electron chi connectivity index (χ2n) is 10.1. The molecule has 1 heterocycles. The van der Waals surface area contributed by atoms with Gasteiger partial charge in [-0.05, 0) is 80.3 Å². The molecule has 1 aromatic heterocycles. The second-order valence-corrected chi connectivity index (χ2v) is 10.1. The number of nitrogens with one attached hydrogen (secondary N) is 1. The largest absolute Gasteiger partial charge is 0.461 e. The number of esters is 1. The SMILES string of the molecule is CC(C)(C)OC(=O)c1ccc(COCCNCc2ccc3cc(CCc4ccc(F)cc4)oc3c2)cc1. The molecule has 0 bridgehead atoms. The fraction of sp³-hybridized carbons (Fsp3) is 0.323. The van der Waals surface area contributed by atoms with Crippen molar-refractivity contribution in [3.8, 4) is 0 Å². The van der Waals surface area contributed by atoms with Gasteiger partial charge in [0, 0.05) is 24.9 Å². The van der Waals surface area contributed by atoms with E-state index in [1.165, 1.54) is 12.1 Å². The van der Waals surface area contributed by atoms with E-state index < -0.39 is 5.60 Å². The van der Waals surface area contributed by atoms with Gasteiger partial charge in [-0.25, -0.2) is 9.18 Å². The zero-order valence-corrected chi connectivity index (χ0v) is 21.7. The van der Waals surface area contributed by atoms with Gasteiger partial charge in [-0.15, -0.1) is 0 Å². The number of carbonyl (C=O) groups is 1. The van der Waals surface area contributed by atoms with E-state index in [1.807, 2.05) is 45.0 Å².